The predicted molar refractivity (Wildman–Crippen MR) is 72.4 cm³/mol. The average Bonchev–Trinajstić information content (AvgIpc) is 2.23. The minimum atomic E-state index is -0.449. The van der Waals surface area contributed by atoms with Crippen LogP contribution in [-0.4, -0.2) is 61.2 Å². The number of methoxy groups -OCH3 is 1. The summed E-state index contributed by atoms with van der Waals surface area (Å²) in [4.78, 5) is 2.10. The molecule has 1 aliphatic carbocycles. The van der Waals surface area contributed by atoms with Crippen molar-refractivity contribution in [2.24, 2.45) is 17.8 Å². The highest BCUT2D eigenvalue weighted by Crippen LogP contribution is 2.34. The molecule has 18 heavy (non-hydrogen) atoms. The van der Waals surface area contributed by atoms with Crippen molar-refractivity contribution in [3.63, 3.8) is 0 Å². The Morgan fingerprint density at radius 2 is 2.00 bits per heavy atom. The lowest BCUT2D eigenvalue weighted by molar-refractivity contribution is -0.0107. The molecule has 1 saturated carbocycles. The molecular formula is C14H29NO3. The Morgan fingerprint density at radius 1 is 1.33 bits per heavy atom. The number of hydrogen-bond donors (Lipinski definition) is 2. The van der Waals surface area contributed by atoms with Gasteiger partial charge >= 0.3 is 0 Å². The molecule has 5 atom stereocenters. The van der Waals surface area contributed by atoms with E-state index in [9.17, 15) is 10.2 Å². The number of aliphatic hydroxyl groups excluding tert-OH is 2. The van der Waals surface area contributed by atoms with Crippen LogP contribution in [0.25, 0.3) is 0 Å². The van der Waals surface area contributed by atoms with Gasteiger partial charge in [-0.05, 0) is 31.7 Å². The largest absolute Gasteiger partial charge is 0.393 e. The highest BCUT2D eigenvalue weighted by atomic mass is 16.5. The van der Waals surface area contributed by atoms with E-state index in [1.807, 2.05) is 7.05 Å². The summed E-state index contributed by atoms with van der Waals surface area (Å²) in [6.07, 6.45) is 1.44. The van der Waals surface area contributed by atoms with Gasteiger partial charge in [0, 0.05) is 26.1 Å². The Hall–Kier alpha value is -0.160. The van der Waals surface area contributed by atoms with E-state index in [0.29, 0.717) is 30.9 Å². The first-order valence-electron chi connectivity index (χ1n) is 6.97. The van der Waals surface area contributed by atoms with Gasteiger partial charge in [-0.25, -0.2) is 0 Å². The second-order valence-corrected chi connectivity index (χ2v) is 6.12. The van der Waals surface area contributed by atoms with Gasteiger partial charge in [-0.15, -0.1) is 0 Å². The fourth-order valence-electron chi connectivity index (χ4n) is 3.21. The molecule has 0 spiro atoms. The van der Waals surface area contributed by atoms with Crippen LogP contribution in [0.15, 0.2) is 0 Å². The van der Waals surface area contributed by atoms with Crippen LogP contribution in [0.4, 0.5) is 0 Å². The van der Waals surface area contributed by atoms with Gasteiger partial charge in [0.25, 0.3) is 0 Å². The first-order chi connectivity index (χ1) is 8.43. The van der Waals surface area contributed by atoms with Crippen molar-refractivity contribution in [2.75, 3.05) is 33.9 Å². The molecule has 108 valence electrons. The summed E-state index contributed by atoms with van der Waals surface area (Å²) in [6, 6.07) is 0. The van der Waals surface area contributed by atoms with Crippen LogP contribution in [-0.2, 0) is 4.74 Å². The van der Waals surface area contributed by atoms with Crippen LogP contribution >= 0.6 is 0 Å². The first kappa shape index (κ1) is 15.9. The predicted octanol–water partition coefficient (Wildman–Crippen LogP) is 0.969. The maximum atomic E-state index is 10.2. The minimum Gasteiger partial charge on any atom is -0.393 e. The van der Waals surface area contributed by atoms with Gasteiger partial charge in [0.1, 0.15) is 0 Å². The summed E-state index contributed by atoms with van der Waals surface area (Å²) in [5.74, 6) is 1.49. The fraction of sp³-hybridized carbons (Fsp3) is 1.00. The van der Waals surface area contributed by atoms with Crippen molar-refractivity contribution in [3.05, 3.63) is 0 Å². The van der Waals surface area contributed by atoms with E-state index < -0.39 is 6.10 Å². The van der Waals surface area contributed by atoms with Gasteiger partial charge in [0.05, 0.1) is 18.8 Å². The van der Waals surface area contributed by atoms with Gasteiger partial charge in [-0.1, -0.05) is 13.8 Å². The van der Waals surface area contributed by atoms with Gasteiger partial charge in [-0.2, -0.15) is 0 Å². The minimum absolute atomic E-state index is 0.203. The fourth-order valence-corrected chi connectivity index (χ4v) is 3.21. The van der Waals surface area contributed by atoms with Crippen molar-refractivity contribution in [3.8, 4) is 0 Å². The molecule has 1 aliphatic rings. The molecule has 0 aromatic carbocycles. The number of aliphatic hydroxyl groups is 2. The molecule has 0 aromatic heterocycles. The quantitative estimate of drug-likeness (QED) is 0.746. The zero-order chi connectivity index (χ0) is 13.7. The molecule has 0 aliphatic heterocycles. The molecule has 0 aromatic rings. The Balaban J connectivity index is 2.40. The number of ether oxygens (including phenoxy) is 1. The SMILES string of the molecule is COCC(O)CN(C)CC1C(C)CC(C)CC1O. The van der Waals surface area contributed by atoms with Crippen molar-refractivity contribution < 1.29 is 14.9 Å². The van der Waals surface area contributed by atoms with E-state index in [2.05, 4.69) is 18.7 Å². The van der Waals surface area contributed by atoms with Crippen molar-refractivity contribution in [2.45, 2.75) is 38.9 Å². The van der Waals surface area contributed by atoms with Crippen molar-refractivity contribution >= 4 is 0 Å². The molecule has 1 fully saturated rings. The van der Waals surface area contributed by atoms with Crippen LogP contribution in [0, 0.1) is 17.8 Å². The molecular weight excluding hydrogens is 230 g/mol. The Kier molecular flexibility index (Phi) is 6.57. The smallest absolute Gasteiger partial charge is 0.0899 e. The summed E-state index contributed by atoms with van der Waals surface area (Å²) in [5.41, 5.74) is 0. The van der Waals surface area contributed by atoms with Crippen LogP contribution in [0.5, 0.6) is 0 Å². The highest BCUT2D eigenvalue weighted by Gasteiger charge is 2.33. The van der Waals surface area contributed by atoms with E-state index in [1.165, 1.54) is 6.42 Å². The normalized spacial score (nSPS) is 34.8. The number of rotatable bonds is 6. The van der Waals surface area contributed by atoms with E-state index in [-0.39, 0.29) is 6.10 Å². The summed E-state index contributed by atoms with van der Waals surface area (Å²) in [6.45, 7) is 6.24. The molecule has 1 rings (SSSR count). The maximum absolute atomic E-state index is 10.2. The zero-order valence-corrected chi connectivity index (χ0v) is 12.2. The van der Waals surface area contributed by atoms with Crippen molar-refractivity contribution in [1.82, 2.24) is 4.90 Å². The molecule has 0 radical (unpaired) electrons. The van der Waals surface area contributed by atoms with Crippen LogP contribution in [0.1, 0.15) is 26.7 Å². The van der Waals surface area contributed by atoms with E-state index in [4.69, 9.17) is 4.74 Å². The topological polar surface area (TPSA) is 52.9 Å². The third-order valence-corrected chi connectivity index (χ3v) is 4.05. The first-order valence-corrected chi connectivity index (χ1v) is 6.97. The lowest BCUT2D eigenvalue weighted by atomic mass is 9.73. The third kappa shape index (κ3) is 4.84. The van der Waals surface area contributed by atoms with Crippen LogP contribution < -0.4 is 0 Å². The second kappa shape index (κ2) is 7.43. The number of hydrogen-bond acceptors (Lipinski definition) is 4. The summed E-state index contributed by atoms with van der Waals surface area (Å²) in [5, 5.41) is 19.9. The van der Waals surface area contributed by atoms with Gasteiger partial charge in [0.2, 0.25) is 0 Å². The molecule has 0 amide bonds. The molecule has 0 saturated heterocycles. The van der Waals surface area contributed by atoms with E-state index in [0.717, 1.165) is 13.0 Å². The molecule has 4 heteroatoms. The molecule has 0 heterocycles. The zero-order valence-electron chi connectivity index (χ0n) is 12.2. The molecule has 4 nitrogen and oxygen atoms in total. The molecule has 0 bridgehead atoms. The Morgan fingerprint density at radius 3 is 2.56 bits per heavy atom. The van der Waals surface area contributed by atoms with Gasteiger partial charge < -0.3 is 19.8 Å². The van der Waals surface area contributed by atoms with Crippen LogP contribution in [0.2, 0.25) is 0 Å². The van der Waals surface area contributed by atoms with E-state index in [1.54, 1.807) is 7.11 Å². The lowest BCUT2D eigenvalue weighted by Gasteiger charge is -2.39. The van der Waals surface area contributed by atoms with Crippen molar-refractivity contribution in [1.29, 1.82) is 0 Å². The Labute approximate surface area is 111 Å². The molecule has 5 unspecified atom stereocenters. The van der Waals surface area contributed by atoms with Crippen LogP contribution in [0.3, 0.4) is 0 Å². The number of likely N-dealkylation sites (N-methyl/N-ethyl adjacent to an activating group) is 1. The summed E-state index contributed by atoms with van der Waals surface area (Å²) >= 11 is 0. The molecule has 2 N–H and O–H groups in total. The second-order valence-electron chi connectivity index (χ2n) is 6.12. The highest BCUT2D eigenvalue weighted by molar-refractivity contribution is 4.84. The number of nitrogens with zero attached hydrogens (tertiary/aromatic N) is 1. The lowest BCUT2D eigenvalue weighted by Crippen LogP contribution is -2.43. The standard InChI is InChI=1S/C14H29NO3/c1-10-5-11(2)13(14(17)6-10)8-15(3)7-12(16)9-18-4/h10-14,16-17H,5-9H2,1-4H3. The Bertz CT molecular complexity index is 225. The van der Waals surface area contributed by atoms with E-state index >= 15 is 0 Å². The van der Waals surface area contributed by atoms with Gasteiger partial charge in [-0.3, -0.25) is 0 Å². The maximum Gasteiger partial charge on any atom is 0.0899 e. The summed E-state index contributed by atoms with van der Waals surface area (Å²) in [7, 11) is 3.59. The monoisotopic (exact) mass is 259 g/mol. The average molecular weight is 259 g/mol. The van der Waals surface area contributed by atoms with Gasteiger partial charge in [0.15, 0.2) is 0 Å². The third-order valence-electron chi connectivity index (χ3n) is 4.05. The summed E-state index contributed by atoms with van der Waals surface area (Å²) < 4.78 is 4.92.